The Morgan fingerprint density at radius 1 is 1.05 bits per heavy atom. The molecule has 4 rings (SSSR count). The molecule has 238 valence electrons. The third-order valence-corrected chi connectivity index (χ3v) is 7.72. The number of hydrogen-bond acceptors (Lipinski definition) is 4. The van der Waals surface area contributed by atoms with Crippen LogP contribution in [0.2, 0.25) is 5.02 Å². The molecule has 2 amide bonds. The monoisotopic (exact) mass is 619 g/mol. The van der Waals surface area contributed by atoms with Gasteiger partial charge in [-0.3, -0.25) is 9.59 Å². The van der Waals surface area contributed by atoms with Crippen molar-refractivity contribution in [3.05, 3.63) is 112 Å². The molecule has 0 unspecified atom stereocenters. The highest BCUT2D eigenvalue weighted by Gasteiger charge is 2.19. The Morgan fingerprint density at radius 3 is 2.34 bits per heavy atom. The molecule has 2 heterocycles. The van der Waals surface area contributed by atoms with E-state index < -0.39 is 0 Å². The van der Waals surface area contributed by atoms with Gasteiger partial charge in [0.05, 0.1) is 0 Å². The number of piperidine rings is 1. The van der Waals surface area contributed by atoms with Crippen molar-refractivity contribution < 1.29 is 9.59 Å². The van der Waals surface area contributed by atoms with Gasteiger partial charge in [-0.2, -0.15) is 0 Å². The number of aromatic nitrogens is 1. The van der Waals surface area contributed by atoms with Gasteiger partial charge in [0.15, 0.2) is 0 Å². The van der Waals surface area contributed by atoms with E-state index >= 15 is 0 Å². The van der Waals surface area contributed by atoms with E-state index in [2.05, 4.69) is 59.0 Å². The molecule has 1 fully saturated rings. The lowest BCUT2D eigenvalue weighted by atomic mass is 9.90. The van der Waals surface area contributed by atoms with Crippen LogP contribution in [0.4, 0.5) is 5.69 Å². The second kappa shape index (κ2) is 19.6. The third kappa shape index (κ3) is 12.9. The first-order valence-electron chi connectivity index (χ1n) is 15.2. The number of amides is 2. The summed E-state index contributed by atoms with van der Waals surface area (Å²) in [5.74, 6) is 0.720. The summed E-state index contributed by atoms with van der Waals surface area (Å²) in [6.45, 7) is 8.79. The standard InChI is InChI=1S/C23H31N3O.C12H14ClNO.CH5N/c1-17-9-6-7-10-19(3)24-15-22(17)18(2)13-23(27)25-21-12-8-11-20(14-21)16-26(4)5;13-12-3-1-10(2-4-12)11-5-7-14(9-15)8-6-11;1-2/h6-12,14-15,18,24H,13,16H2,1-5H3,(H,25,27);1-4,9,11H,5-8H2;2H2,1H3/t18-;;/m1../s1. The number of rotatable bonds is 8. The number of anilines is 1. The zero-order valence-corrected chi connectivity index (χ0v) is 27.9. The molecule has 1 aliphatic rings. The number of aryl methyl sites for hydroxylation is 2. The van der Waals surface area contributed by atoms with Gasteiger partial charge in [-0.1, -0.05) is 61.0 Å². The third-order valence-electron chi connectivity index (χ3n) is 7.47. The van der Waals surface area contributed by atoms with Crippen LogP contribution in [0.15, 0.2) is 79.0 Å². The maximum Gasteiger partial charge on any atom is 0.224 e. The van der Waals surface area contributed by atoms with E-state index in [4.69, 9.17) is 11.6 Å². The maximum atomic E-state index is 12.6. The Bertz CT molecular complexity index is 1350. The van der Waals surface area contributed by atoms with Crippen LogP contribution in [0.25, 0.3) is 0 Å². The summed E-state index contributed by atoms with van der Waals surface area (Å²) in [5, 5.41) is 3.82. The molecule has 1 atom stereocenters. The second-order valence-electron chi connectivity index (χ2n) is 11.4. The molecular weight excluding hydrogens is 570 g/mol. The average molecular weight is 620 g/mol. The highest BCUT2D eigenvalue weighted by molar-refractivity contribution is 6.30. The van der Waals surface area contributed by atoms with E-state index in [0.717, 1.165) is 66.4 Å². The van der Waals surface area contributed by atoms with Gasteiger partial charge in [-0.25, -0.2) is 0 Å². The smallest absolute Gasteiger partial charge is 0.224 e. The number of carbonyl (C=O) groups excluding carboxylic acids is 2. The minimum atomic E-state index is 0.0286. The van der Waals surface area contributed by atoms with Gasteiger partial charge in [-0.05, 0) is 112 Å². The first kappa shape index (κ1) is 36.5. The number of halogens is 1. The maximum absolute atomic E-state index is 12.6. The van der Waals surface area contributed by atoms with Crippen LogP contribution >= 0.6 is 11.6 Å². The number of nitrogens with two attached hydrogens (primary N) is 1. The van der Waals surface area contributed by atoms with E-state index in [0.29, 0.717) is 12.3 Å². The van der Waals surface area contributed by atoms with Crippen LogP contribution in [-0.4, -0.2) is 61.3 Å². The van der Waals surface area contributed by atoms with Crippen molar-refractivity contribution in [2.24, 2.45) is 5.73 Å². The predicted octanol–water partition coefficient (Wildman–Crippen LogP) is 7.20. The Balaban J connectivity index is 0.000000333. The van der Waals surface area contributed by atoms with Crippen LogP contribution in [0, 0.1) is 13.8 Å². The quantitative estimate of drug-likeness (QED) is 0.232. The molecule has 1 saturated heterocycles. The lowest BCUT2D eigenvalue weighted by Crippen LogP contribution is -2.31. The minimum Gasteiger partial charge on any atom is -0.365 e. The van der Waals surface area contributed by atoms with E-state index in [-0.39, 0.29) is 11.8 Å². The van der Waals surface area contributed by atoms with Gasteiger partial charge in [0.2, 0.25) is 12.3 Å². The summed E-state index contributed by atoms with van der Waals surface area (Å²) in [5.41, 5.74) is 11.2. The number of likely N-dealkylation sites (tertiary alicyclic amines) is 1. The molecule has 0 aliphatic carbocycles. The van der Waals surface area contributed by atoms with E-state index in [9.17, 15) is 9.59 Å². The molecule has 0 spiro atoms. The zero-order chi connectivity index (χ0) is 32.5. The molecular formula is C36H50ClN5O2. The topological polar surface area (TPSA) is 94.5 Å². The molecule has 7 nitrogen and oxygen atoms in total. The number of nitrogens with one attached hydrogen (secondary N) is 2. The summed E-state index contributed by atoms with van der Waals surface area (Å²) < 4.78 is 0. The Kier molecular flexibility index (Phi) is 16.3. The molecule has 0 bridgehead atoms. The molecule has 1 aliphatic heterocycles. The molecule has 3 aromatic rings. The normalized spacial score (nSPS) is 13.4. The number of aromatic amines is 1. The highest BCUT2D eigenvalue weighted by Crippen LogP contribution is 2.28. The minimum absolute atomic E-state index is 0.0286. The number of benzene rings is 2. The average Bonchev–Trinajstić information content (AvgIpc) is 3.09. The van der Waals surface area contributed by atoms with Crippen molar-refractivity contribution in [1.29, 1.82) is 0 Å². The van der Waals surface area contributed by atoms with E-state index in [1.807, 2.05) is 80.6 Å². The van der Waals surface area contributed by atoms with Crippen molar-refractivity contribution in [3.8, 4) is 0 Å². The fraction of sp³-hybridized carbons (Fsp3) is 0.389. The van der Waals surface area contributed by atoms with Gasteiger partial charge in [0.25, 0.3) is 0 Å². The van der Waals surface area contributed by atoms with Gasteiger partial charge < -0.3 is 25.8 Å². The van der Waals surface area contributed by atoms with Gasteiger partial charge in [-0.15, -0.1) is 0 Å². The SMILES string of the molecule is CN.Cc1ccccc(C)c([C@H](C)CC(=O)Nc2cccc(CN(C)C)c2)c[nH]1.O=CN1CCC(c2ccc(Cl)cc2)CC1. The van der Waals surface area contributed by atoms with E-state index in [1.165, 1.54) is 18.2 Å². The summed E-state index contributed by atoms with van der Waals surface area (Å²) >= 11 is 5.84. The lowest BCUT2D eigenvalue weighted by Gasteiger charge is -2.29. The lowest BCUT2D eigenvalue weighted by molar-refractivity contribution is -0.119. The molecule has 4 N–H and O–H groups in total. The largest absolute Gasteiger partial charge is 0.365 e. The van der Waals surface area contributed by atoms with Crippen LogP contribution in [0.3, 0.4) is 0 Å². The van der Waals surface area contributed by atoms with Crippen LogP contribution < -0.4 is 11.1 Å². The fourth-order valence-electron chi connectivity index (χ4n) is 5.17. The van der Waals surface area contributed by atoms with Crippen molar-refractivity contribution in [2.75, 3.05) is 39.5 Å². The first-order valence-corrected chi connectivity index (χ1v) is 15.6. The molecule has 44 heavy (non-hydrogen) atoms. The Labute approximate surface area is 269 Å². The number of H-pyrrole nitrogens is 1. The Hall–Kier alpha value is -3.65. The molecule has 8 heteroatoms. The number of hydrogen-bond donors (Lipinski definition) is 3. The Morgan fingerprint density at radius 2 is 1.70 bits per heavy atom. The summed E-state index contributed by atoms with van der Waals surface area (Å²) in [6.07, 6.45) is 5.50. The van der Waals surface area contributed by atoms with E-state index in [1.54, 1.807) is 0 Å². The van der Waals surface area contributed by atoms with Crippen LogP contribution in [0.5, 0.6) is 0 Å². The van der Waals surface area contributed by atoms with Gasteiger partial charge >= 0.3 is 0 Å². The van der Waals surface area contributed by atoms with Crippen molar-refractivity contribution in [3.63, 3.8) is 0 Å². The molecule has 1 aromatic heterocycles. The summed E-state index contributed by atoms with van der Waals surface area (Å²) in [6, 6.07) is 24.2. The first-order chi connectivity index (χ1) is 21.1. The van der Waals surface area contributed by atoms with Gasteiger partial charge in [0, 0.05) is 48.7 Å². The summed E-state index contributed by atoms with van der Waals surface area (Å²) in [7, 11) is 5.57. The van der Waals surface area contributed by atoms with Crippen LogP contribution in [-0.2, 0) is 16.1 Å². The zero-order valence-electron chi connectivity index (χ0n) is 27.1. The van der Waals surface area contributed by atoms with Crippen LogP contribution in [0.1, 0.15) is 66.0 Å². The van der Waals surface area contributed by atoms with Crippen molar-refractivity contribution in [1.82, 2.24) is 14.8 Å². The predicted molar refractivity (Wildman–Crippen MR) is 185 cm³/mol. The molecule has 0 radical (unpaired) electrons. The number of carbonyl (C=O) groups is 2. The van der Waals surface area contributed by atoms with Gasteiger partial charge in [0.1, 0.15) is 0 Å². The number of nitrogens with zero attached hydrogens (tertiary/aromatic N) is 2. The fourth-order valence-corrected chi connectivity index (χ4v) is 5.29. The second-order valence-corrected chi connectivity index (χ2v) is 11.8. The molecule has 0 saturated carbocycles. The van der Waals surface area contributed by atoms with Crippen molar-refractivity contribution in [2.45, 2.75) is 58.4 Å². The molecule has 2 aromatic carbocycles. The van der Waals surface area contributed by atoms with Crippen molar-refractivity contribution >= 4 is 29.6 Å². The summed E-state index contributed by atoms with van der Waals surface area (Å²) in [4.78, 5) is 30.4. The highest BCUT2D eigenvalue weighted by atomic mass is 35.5.